The Bertz CT molecular complexity index is 1480. The number of fused-ring (bicyclic) bond motifs is 1. The van der Waals surface area contributed by atoms with Gasteiger partial charge < -0.3 is 30.0 Å². The summed E-state index contributed by atoms with van der Waals surface area (Å²) in [6.07, 6.45) is 3.21. The van der Waals surface area contributed by atoms with Crippen LogP contribution in [0.25, 0.3) is 11.0 Å². The lowest BCUT2D eigenvalue weighted by Gasteiger charge is -2.39. The molecule has 0 aliphatic carbocycles. The van der Waals surface area contributed by atoms with Crippen LogP contribution in [-0.2, 0) is 4.79 Å². The minimum Gasteiger partial charge on any atom is -0.460 e. The van der Waals surface area contributed by atoms with Gasteiger partial charge in [0.15, 0.2) is 5.90 Å². The molecule has 218 valence electrons. The van der Waals surface area contributed by atoms with Gasteiger partial charge in [-0.15, -0.1) is 0 Å². The number of benzene rings is 2. The minimum atomic E-state index is -0.585. The maximum atomic E-state index is 13.4. The summed E-state index contributed by atoms with van der Waals surface area (Å²) in [6, 6.07) is 13.0. The van der Waals surface area contributed by atoms with Gasteiger partial charge in [0.05, 0.1) is 17.4 Å². The van der Waals surface area contributed by atoms with E-state index < -0.39 is 11.7 Å². The standard InChI is InChI=1S/C31H40N6O4/c1-8-25(37(6)7)31(4,9-2)29(39)34-20-11-10-12-21(17-20)35-30-33-16-15-26(36-30)41-22-13-14-23-24(18-22)40-19(3)27(23)28(38)32-5/h10-14,16-18,25,30,35H,8-9,15H2,1-7H3,(H,32,38)(H,34,39). The van der Waals surface area contributed by atoms with E-state index in [0.29, 0.717) is 40.7 Å². The molecule has 0 spiro atoms. The number of rotatable bonds is 10. The smallest absolute Gasteiger partial charge is 0.255 e. The Morgan fingerprint density at radius 3 is 2.61 bits per heavy atom. The van der Waals surface area contributed by atoms with Crippen LogP contribution in [0.3, 0.4) is 0 Å². The van der Waals surface area contributed by atoms with Crippen molar-refractivity contribution in [3.05, 3.63) is 53.8 Å². The maximum absolute atomic E-state index is 13.4. The van der Waals surface area contributed by atoms with E-state index in [0.717, 1.165) is 23.9 Å². The van der Waals surface area contributed by atoms with Crippen LogP contribution >= 0.6 is 0 Å². The average molecular weight is 561 g/mol. The molecular formula is C31H40N6O4. The van der Waals surface area contributed by atoms with Gasteiger partial charge >= 0.3 is 0 Å². The molecule has 4 rings (SSSR count). The predicted octanol–water partition coefficient (Wildman–Crippen LogP) is 5.44. The lowest BCUT2D eigenvalue weighted by molar-refractivity contribution is -0.128. The molecule has 3 atom stereocenters. The summed E-state index contributed by atoms with van der Waals surface area (Å²) in [4.78, 5) is 36.8. The van der Waals surface area contributed by atoms with Crippen molar-refractivity contribution < 1.29 is 18.7 Å². The highest BCUT2D eigenvalue weighted by Gasteiger charge is 2.40. The first-order valence-corrected chi connectivity index (χ1v) is 14.0. The van der Waals surface area contributed by atoms with Crippen LogP contribution in [0.4, 0.5) is 11.4 Å². The molecule has 2 aromatic carbocycles. The van der Waals surface area contributed by atoms with Gasteiger partial charge in [-0.2, -0.15) is 0 Å². The van der Waals surface area contributed by atoms with Gasteiger partial charge in [0.2, 0.25) is 12.2 Å². The second kappa shape index (κ2) is 12.6. The number of hydrogen-bond donors (Lipinski definition) is 3. The Morgan fingerprint density at radius 2 is 1.93 bits per heavy atom. The molecule has 10 heteroatoms. The topological polar surface area (TPSA) is 121 Å². The molecule has 3 N–H and O–H groups in total. The van der Waals surface area contributed by atoms with Gasteiger partial charge in [0, 0.05) is 42.1 Å². The Morgan fingerprint density at radius 1 is 1.17 bits per heavy atom. The molecule has 2 heterocycles. The monoisotopic (exact) mass is 560 g/mol. The number of amides is 2. The van der Waals surface area contributed by atoms with Crippen molar-refractivity contribution in [3.63, 3.8) is 0 Å². The zero-order valence-corrected chi connectivity index (χ0v) is 24.9. The number of ether oxygens (including phenoxy) is 1. The highest BCUT2D eigenvalue weighted by Crippen LogP contribution is 2.33. The van der Waals surface area contributed by atoms with Crippen LogP contribution in [0.15, 0.2) is 56.9 Å². The summed E-state index contributed by atoms with van der Waals surface area (Å²) in [7, 11) is 5.62. The van der Waals surface area contributed by atoms with Gasteiger partial charge in [-0.25, -0.2) is 4.99 Å². The van der Waals surface area contributed by atoms with E-state index in [2.05, 4.69) is 44.7 Å². The first-order valence-electron chi connectivity index (χ1n) is 14.0. The fourth-order valence-electron chi connectivity index (χ4n) is 5.44. The second-order valence-electron chi connectivity index (χ2n) is 10.6. The van der Waals surface area contributed by atoms with Gasteiger partial charge in [-0.3, -0.25) is 14.6 Å². The highest BCUT2D eigenvalue weighted by molar-refractivity contribution is 6.07. The molecule has 2 amide bonds. The molecule has 41 heavy (non-hydrogen) atoms. The Kier molecular flexibility index (Phi) is 9.12. The van der Waals surface area contributed by atoms with Crippen LogP contribution in [-0.4, -0.2) is 62.3 Å². The highest BCUT2D eigenvalue weighted by atomic mass is 16.5. The van der Waals surface area contributed by atoms with Crippen molar-refractivity contribution in [1.82, 2.24) is 10.2 Å². The molecule has 0 fully saturated rings. The molecule has 10 nitrogen and oxygen atoms in total. The number of anilines is 2. The Balaban J connectivity index is 1.45. The lowest BCUT2D eigenvalue weighted by atomic mass is 9.77. The lowest BCUT2D eigenvalue weighted by Crippen LogP contribution is -2.49. The molecule has 0 saturated carbocycles. The number of aliphatic imine (C=N–C) groups is 2. The van der Waals surface area contributed by atoms with Gasteiger partial charge in [0.25, 0.3) is 5.91 Å². The molecule has 1 aliphatic rings. The number of furan rings is 1. The van der Waals surface area contributed by atoms with E-state index in [1.807, 2.05) is 51.4 Å². The number of nitrogens with one attached hydrogen (secondary N) is 3. The van der Waals surface area contributed by atoms with Crippen LogP contribution in [0.2, 0.25) is 0 Å². The first kappa shape index (κ1) is 29.8. The summed E-state index contributed by atoms with van der Waals surface area (Å²) < 4.78 is 11.8. The third-order valence-corrected chi connectivity index (χ3v) is 7.72. The molecule has 1 aliphatic heterocycles. The third kappa shape index (κ3) is 6.43. The number of carbonyl (C=O) groups excluding carboxylic acids is 2. The summed E-state index contributed by atoms with van der Waals surface area (Å²) >= 11 is 0. The van der Waals surface area contributed by atoms with Crippen LogP contribution in [0.1, 0.15) is 56.2 Å². The number of nitrogens with zero attached hydrogens (tertiary/aromatic N) is 3. The number of hydrogen-bond acceptors (Lipinski definition) is 8. The van der Waals surface area contributed by atoms with Crippen LogP contribution < -0.4 is 20.7 Å². The molecule has 3 unspecified atom stereocenters. The van der Waals surface area contributed by atoms with E-state index in [1.54, 1.807) is 32.3 Å². The summed E-state index contributed by atoms with van der Waals surface area (Å²) in [5.74, 6) is 1.38. The van der Waals surface area contributed by atoms with Crippen molar-refractivity contribution in [1.29, 1.82) is 0 Å². The minimum absolute atomic E-state index is 0.00624. The molecule has 0 radical (unpaired) electrons. The third-order valence-electron chi connectivity index (χ3n) is 7.72. The van der Waals surface area contributed by atoms with E-state index in [4.69, 9.17) is 9.15 Å². The maximum Gasteiger partial charge on any atom is 0.255 e. The number of carbonyl (C=O) groups is 2. The molecule has 0 saturated heterocycles. The van der Waals surface area contributed by atoms with Gasteiger partial charge in [0.1, 0.15) is 17.1 Å². The number of aryl methyl sites for hydroxylation is 1. The van der Waals surface area contributed by atoms with Crippen LogP contribution in [0.5, 0.6) is 5.75 Å². The van der Waals surface area contributed by atoms with Gasteiger partial charge in [-0.1, -0.05) is 19.9 Å². The average Bonchev–Trinajstić information content (AvgIpc) is 3.27. The van der Waals surface area contributed by atoms with Crippen molar-refractivity contribution in [2.24, 2.45) is 15.4 Å². The fraction of sp³-hybridized carbons (Fsp3) is 0.419. The summed E-state index contributed by atoms with van der Waals surface area (Å²) in [6.45, 7) is 7.95. The summed E-state index contributed by atoms with van der Waals surface area (Å²) in [5, 5.41) is 9.77. The Hall–Kier alpha value is -4.18. The predicted molar refractivity (Wildman–Crippen MR) is 164 cm³/mol. The fourth-order valence-corrected chi connectivity index (χ4v) is 5.44. The van der Waals surface area contributed by atoms with E-state index >= 15 is 0 Å². The van der Waals surface area contributed by atoms with Crippen molar-refractivity contribution in [2.45, 2.75) is 59.3 Å². The van der Waals surface area contributed by atoms with Crippen LogP contribution in [0, 0.1) is 12.3 Å². The molecule has 1 aromatic heterocycles. The van der Waals surface area contributed by atoms with Crippen molar-refractivity contribution in [2.75, 3.05) is 31.8 Å². The zero-order valence-electron chi connectivity index (χ0n) is 24.9. The molecule has 3 aromatic rings. The molecule has 0 bridgehead atoms. The Labute approximate surface area is 241 Å². The molecular weight excluding hydrogens is 520 g/mol. The largest absolute Gasteiger partial charge is 0.460 e. The second-order valence-corrected chi connectivity index (χ2v) is 10.6. The quantitative estimate of drug-likeness (QED) is 0.304. The van der Waals surface area contributed by atoms with Gasteiger partial charge in [-0.05, 0) is 71.1 Å². The first-order chi connectivity index (χ1) is 19.6. The zero-order chi connectivity index (χ0) is 29.7. The van der Waals surface area contributed by atoms with E-state index in [-0.39, 0.29) is 17.9 Å². The summed E-state index contributed by atoms with van der Waals surface area (Å²) in [5.41, 5.74) is 2.01. The van der Waals surface area contributed by atoms with Crippen molar-refractivity contribution in [3.8, 4) is 5.75 Å². The SMILES string of the molecule is CCC(N(C)C)C(C)(CC)C(=O)Nc1cccc(NC2N=CCC(Oc3ccc4c(C(=O)NC)c(C)oc4c3)=N2)c1. The van der Waals surface area contributed by atoms with E-state index in [9.17, 15) is 9.59 Å². The van der Waals surface area contributed by atoms with Crippen molar-refractivity contribution >= 4 is 46.3 Å². The van der Waals surface area contributed by atoms with E-state index in [1.165, 1.54) is 0 Å². The normalized spacial score (nSPS) is 17.1.